The maximum atomic E-state index is 13.1. The molecule has 0 aromatic rings. The van der Waals surface area contributed by atoms with Gasteiger partial charge in [0.1, 0.15) is 0 Å². The maximum Gasteiger partial charge on any atom is 0.248 e. The molecule has 2 aliphatic rings. The third-order valence-electron chi connectivity index (χ3n) is 4.24. The number of hydrazine groups is 1. The summed E-state index contributed by atoms with van der Waals surface area (Å²) in [6.45, 7) is 1.54. The lowest BCUT2D eigenvalue weighted by Gasteiger charge is -2.38. The van der Waals surface area contributed by atoms with Gasteiger partial charge in [0.05, 0.1) is 0 Å². The molecule has 1 saturated carbocycles. The largest absolute Gasteiger partial charge is 0.381 e. The molecule has 2 rings (SSSR count). The molecule has 1 heterocycles. The topological polar surface area (TPSA) is 47.3 Å². The van der Waals surface area contributed by atoms with E-state index in [9.17, 15) is 8.78 Å². The number of nitrogens with two attached hydrogens (primary N) is 1. The molecule has 0 spiro atoms. The van der Waals surface area contributed by atoms with Crippen molar-refractivity contribution >= 4 is 0 Å². The molecule has 1 unspecified atom stereocenters. The normalized spacial score (nSPS) is 29.1. The van der Waals surface area contributed by atoms with Crippen molar-refractivity contribution in [3.05, 3.63) is 0 Å². The third kappa shape index (κ3) is 3.36. The van der Waals surface area contributed by atoms with Crippen LogP contribution in [0.2, 0.25) is 0 Å². The molecular weight excluding hydrogens is 226 g/mol. The van der Waals surface area contributed by atoms with Gasteiger partial charge in [-0.1, -0.05) is 0 Å². The zero-order valence-corrected chi connectivity index (χ0v) is 10.1. The third-order valence-corrected chi connectivity index (χ3v) is 4.24. The summed E-state index contributed by atoms with van der Waals surface area (Å²) in [6.07, 6.45) is 3.17. The highest BCUT2D eigenvalue weighted by Gasteiger charge is 2.39. The Balaban J connectivity index is 1.89. The van der Waals surface area contributed by atoms with Gasteiger partial charge < -0.3 is 4.74 Å². The van der Waals surface area contributed by atoms with E-state index < -0.39 is 5.92 Å². The van der Waals surface area contributed by atoms with Crippen molar-refractivity contribution in [3.8, 4) is 0 Å². The highest BCUT2D eigenvalue weighted by Crippen LogP contribution is 2.39. The van der Waals surface area contributed by atoms with Crippen molar-refractivity contribution in [1.82, 2.24) is 5.43 Å². The minimum absolute atomic E-state index is 0.0130. The van der Waals surface area contributed by atoms with Crippen molar-refractivity contribution in [3.63, 3.8) is 0 Å². The summed E-state index contributed by atoms with van der Waals surface area (Å²) in [5.41, 5.74) is 2.87. The second kappa shape index (κ2) is 5.59. The summed E-state index contributed by atoms with van der Waals surface area (Å²) >= 11 is 0. The molecule has 1 aliphatic heterocycles. The van der Waals surface area contributed by atoms with E-state index in [1.165, 1.54) is 0 Å². The average molecular weight is 248 g/mol. The van der Waals surface area contributed by atoms with Gasteiger partial charge in [0.15, 0.2) is 0 Å². The second-order valence-corrected chi connectivity index (χ2v) is 5.34. The monoisotopic (exact) mass is 248 g/mol. The number of hydrogen-bond acceptors (Lipinski definition) is 3. The lowest BCUT2D eigenvalue weighted by Crippen LogP contribution is -2.49. The van der Waals surface area contributed by atoms with Crippen molar-refractivity contribution in [1.29, 1.82) is 0 Å². The molecule has 0 amide bonds. The summed E-state index contributed by atoms with van der Waals surface area (Å²) in [6, 6.07) is 0.176. The zero-order chi connectivity index (χ0) is 12.3. The molecule has 17 heavy (non-hydrogen) atoms. The van der Waals surface area contributed by atoms with Crippen LogP contribution in [0, 0.1) is 11.8 Å². The minimum atomic E-state index is -2.45. The van der Waals surface area contributed by atoms with Gasteiger partial charge in [-0.05, 0) is 37.5 Å². The number of halogens is 2. The molecule has 1 aliphatic carbocycles. The van der Waals surface area contributed by atoms with Crippen LogP contribution in [0.5, 0.6) is 0 Å². The number of alkyl halides is 2. The lowest BCUT2D eigenvalue weighted by molar-refractivity contribution is -0.0555. The van der Waals surface area contributed by atoms with Crippen LogP contribution in [0.25, 0.3) is 0 Å². The Morgan fingerprint density at radius 1 is 1.06 bits per heavy atom. The quantitative estimate of drug-likeness (QED) is 0.594. The second-order valence-electron chi connectivity index (χ2n) is 5.34. The van der Waals surface area contributed by atoms with Crippen LogP contribution in [0.1, 0.15) is 38.5 Å². The lowest BCUT2D eigenvalue weighted by atomic mass is 9.75. The molecule has 3 nitrogen and oxygen atoms in total. The van der Waals surface area contributed by atoms with Crippen LogP contribution >= 0.6 is 0 Å². The summed E-state index contributed by atoms with van der Waals surface area (Å²) in [7, 11) is 0. The van der Waals surface area contributed by atoms with Crippen molar-refractivity contribution in [2.24, 2.45) is 17.7 Å². The fourth-order valence-corrected chi connectivity index (χ4v) is 3.15. The fraction of sp³-hybridized carbons (Fsp3) is 1.00. The van der Waals surface area contributed by atoms with Crippen molar-refractivity contribution < 1.29 is 13.5 Å². The van der Waals surface area contributed by atoms with Crippen LogP contribution in [-0.4, -0.2) is 25.2 Å². The Hall–Kier alpha value is -0.260. The van der Waals surface area contributed by atoms with Gasteiger partial charge in [-0.2, -0.15) is 0 Å². The van der Waals surface area contributed by atoms with Gasteiger partial charge in [0, 0.05) is 32.1 Å². The van der Waals surface area contributed by atoms with Crippen molar-refractivity contribution in [2.45, 2.75) is 50.5 Å². The van der Waals surface area contributed by atoms with Gasteiger partial charge in [0.25, 0.3) is 0 Å². The summed E-state index contributed by atoms with van der Waals surface area (Å²) in [5.74, 6) is 3.94. The van der Waals surface area contributed by atoms with E-state index >= 15 is 0 Å². The highest BCUT2D eigenvalue weighted by molar-refractivity contribution is 4.88. The predicted octanol–water partition coefficient (Wildman–Crippen LogP) is 2.07. The van der Waals surface area contributed by atoms with Gasteiger partial charge in [-0.3, -0.25) is 11.3 Å². The molecule has 1 saturated heterocycles. The van der Waals surface area contributed by atoms with E-state index in [1.807, 2.05) is 0 Å². The van der Waals surface area contributed by atoms with Crippen LogP contribution in [0.4, 0.5) is 8.78 Å². The van der Waals surface area contributed by atoms with Gasteiger partial charge in [-0.25, -0.2) is 8.78 Å². The first-order chi connectivity index (χ1) is 8.12. The Morgan fingerprint density at radius 3 is 2.12 bits per heavy atom. The van der Waals surface area contributed by atoms with E-state index in [2.05, 4.69) is 5.43 Å². The fourth-order valence-electron chi connectivity index (χ4n) is 3.15. The van der Waals surface area contributed by atoms with Crippen LogP contribution < -0.4 is 11.3 Å². The number of ether oxygens (including phenoxy) is 1. The molecule has 100 valence electrons. The van der Waals surface area contributed by atoms with E-state index in [-0.39, 0.29) is 18.9 Å². The summed E-state index contributed by atoms with van der Waals surface area (Å²) in [4.78, 5) is 0. The molecule has 2 fully saturated rings. The smallest absolute Gasteiger partial charge is 0.248 e. The van der Waals surface area contributed by atoms with Crippen LogP contribution in [0.15, 0.2) is 0 Å². The molecule has 0 bridgehead atoms. The molecule has 5 heteroatoms. The van der Waals surface area contributed by atoms with E-state index in [0.717, 1.165) is 26.1 Å². The minimum Gasteiger partial charge on any atom is -0.381 e. The van der Waals surface area contributed by atoms with E-state index in [0.29, 0.717) is 24.7 Å². The van der Waals surface area contributed by atoms with Crippen LogP contribution in [0.3, 0.4) is 0 Å². The molecule has 0 radical (unpaired) electrons. The zero-order valence-electron chi connectivity index (χ0n) is 10.1. The molecule has 1 atom stereocenters. The average Bonchev–Trinajstić information content (AvgIpc) is 2.33. The number of rotatable bonds is 3. The standard InChI is InChI=1S/C12H22F2N2O/c13-12(14)5-1-9(2-6-12)11(16-15)10-3-7-17-8-4-10/h9-11,16H,1-8,15H2. The number of hydrogen-bond donors (Lipinski definition) is 2. The first-order valence-corrected chi connectivity index (χ1v) is 6.54. The molecule has 0 aromatic heterocycles. The molecule has 0 aromatic carbocycles. The van der Waals surface area contributed by atoms with Crippen LogP contribution in [-0.2, 0) is 4.74 Å². The Bertz CT molecular complexity index is 235. The van der Waals surface area contributed by atoms with Gasteiger partial charge in [-0.15, -0.1) is 0 Å². The van der Waals surface area contributed by atoms with Crippen molar-refractivity contribution in [2.75, 3.05) is 13.2 Å². The number of nitrogens with one attached hydrogen (secondary N) is 1. The Kier molecular flexibility index (Phi) is 4.33. The SMILES string of the molecule is NNC(C1CCOCC1)C1CCC(F)(F)CC1. The van der Waals surface area contributed by atoms with Gasteiger partial charge >= 0.3 is 0 Å². The highest BCUT2D eigenvalue weighted by atomic mass is 19.3. The summed E-state index contributed by atoms with van der Waals surface area (Å²) < 4.78 is 31.6. The Labute approximate surface area is 101 Å². The molecular formula is C12H22F2N2O. The Morgan fingerprint density at radius 2 is 1.59 bits per heavy atom. The first-order valence-electron chi connectivity index (χ1n) is 6.54. The summed E-state index contributed by atoms with van der Waals surface area (Å²) in [5, 5.41) is 0. The maximum absolute atomic E-state index is 13.1. The first kappa shape index (κ1) is 13.2. The van der Waals surface area contributed by atoms with E-state index in [1.54, 1.807) is 0 Å². The van der Waals surface area contributed by atoms with E-state index in [4.69, 9.17) is 10.6 Å². The molecule has 3 N–H and O–H groups in total. The van der Waals surface area contributed by atoms with Gasteiger partial charge in [0.2, 0.25) is 5.92 Å². The predicted molar refractivity (Wildman–Crippen MR) is 61.6 cm³/mol.